The summed E-state index contributed by atoms with van der Waals surface area (Å²) in [6, 6.07) is 43.1. The summed E-state index contributed by atoms with van der Waals surface area (Å²) < 4.78 is 0. The molecule has 4 heterocycles. The highest BCUT2D eigenvalue weighted by atomic mass is 14.7. The zero-order valence-corrected chi connectivity index (χ0v) is 24.8. The molecule has 0 saturated carbocycles. The summed E-state index contributed by atoms with van der Waals surface area (Å²) in [5.41, 5.74) is 10.9. The molecule has 0 aliphatic rings. The van der Waals surface area contributed by atoms with Gasteiger partial charge in [-0.3, -0.25) is 19.9 Å². The molecule has 5 aromatic carbocycles. The standard InChI is InChI=1S/C42H26N4/c1-3-13-35-33(11-1)39(32-23-30(28-9-5-18-43-25-28)22-31(24-32)29-10-6-19-44-26-29)34-12-2-4-14-36(34)40(35)37-17-21-46-42-38(37)16-15-27-8-7-20-45-41(27)42/h1-26H. The Kier molecular flexibility index (Phi) is 6.10. The number of hydrogen-bond donors (Lipinski definition) is 0. The predicted octanol–water partition coefficient (Wildman–Crippen LogP) is 10.5. The third-order valence-corrected chi connectivity index (χ3v) is 8.90. The van der Waals surface area contributed by atoms with Crippen LogP contribution in [0.5, 0.6) is 0 Å². The van der Waals surface area contributed by atoms with Crippen molar-refractivity contribution in [3.05, 3.63) is 159 Å². The Labute approximate surface area is 265 Å². The lowest BCUT2D eigenvalue weighted by molar-refractivity contribution is 1.32. The van der Waals surface area contributed by atoms with Crippen molar-refractivity contribution in [2.75, 3.05) is 0 Å². The minimum atomic E-state index is 0.915. The van der Waals surface area contributed by atoms with Gasteiger partial charge in [-0.1, -0.05) is 78.9 Å². The first-order valence-corrected chi connectivity index (χ1v) is 15.4. The van der Waals surface area contributed by atoms with Crippen molar-refractivity contribution in [3.63, 3.8) is 0 Å². The van der Waals surface area contributed by atoms with E-state index < -0.39 is 0 Å². The van der Waals surface area contributed by atoms with Gasteiger partial charge in [-0.15, -0.1) is 0 Å². The highest BCUT2D eigenvalue weighted by Gasteiger charge is 2.20. The molecule has 4 aromatic heterocycles. The van der Waals surface area contributed by atoms with Gasteiger partial charge in [0.15, 0.2) is 0 Å². The van der Waals surface area contributed by atoms with Crippen LogP contribution in [0.25, 0.3) is 87.9 Å². The lowest BCUT2D eigenvalue weighted by atomic mass is 9.84. The molecule has 9 aromatic rings. The smallest absolute Gasteiger partial charge is 0.0970 e. The monoisotopic (exact) mass is 586 g/mol. The molecule has 0 spiro atoms. The zero-order chi connectivity index (χ0) is 30.5. The molecule has 0 N–H and O–H groups in total. The molecule has 0 unspecified atom stereocenters. The van der Waals surface area contributed by atoms with Crippen LogP contribution in [0.2, 0.25) is 0 Å². The molecule has 0 aliphatic heterocycles. The van der Waals surface area contributed by atoms with Gasteiger partial charge in [-0.25, -0.2) is 0 Å². The maximum atomic E-state index is 4.83. The fourth-order valence-electron chi connectivity index (χ4n) is 6.87. The van der Waals surface area contributed by atoms with Gasteiger partial charge in [0.1, 0.15) is 0 Å². The highest BCUT2D eigenvalue weighted by molar-refractivity contribution is 6.24. The second-order valence-corrected chi connectivity index (χ2v) is 11.5. The Morgan fingerprint density at radius 2 is 0.913 bits per heavy atom. The normalized spacial score (nSPS) is 11.5. The van der Waals surface area contributed by atoms with Gasteiger partial charge in [-0.05, 0) is 97.4 Å². The van der Waals surface area contributed by atoms with E-state index in [-0.39, 0.29) is 0 Å². The van der Waals surface area contributed by atoms with Crippen molar-refractivity contribution >= 4 is 43.4 Å². The zero-order valence-electron chi connectivity index (χ0n) is 24.8. The van der Waals surface area contributed by atoms with Gasteiger partial charge in [0, 0.05) is 59.1 Å². The van der Waals surface area contributed by atoms with Crippen LogP contribution >= 0.6 is 0 Å². The van der Waals surface area contributed by atoms with E-state index in [1.165, 1.54) is 32.7 Å². The SMILES string of the molecule is c1cncc(-c2cc(-c3cccnc3)cc(-c3c4ccccc4c(-c4ccnc5c4ccc4cccnc45)c4ccccc34)c2)c1. The quantitative estimate of drug-likeness (QED) is 0.152. The number of benzene rings is 5. The summed E-state index contributed by atoms with van der Waals surface area (Å²) in [6.45, 7) is 0. The van der Waals surface area contributed by atoms with E-state index in [4.69, 9.17) is 9.97 Å². The predicted molar refractivity (Wildman–Crippen MR) is 189 cm³/mol. The molecule has 9 rings (SSSR count). The van der Waals surface area contributed by atoms with Crippen molar-refractivity contribution in [3.8, 4) is 44.5 Å². The number of nitrogens with zero attached hydrogens (tertiary/aromatic N) is 4. The Morgan fingerprint density at radius 1 is 0.348 bits per heavy atom. The molecule has 0 fully saturated rings. The summed E-state index contributed by atoms with van der Waals surface area (Å²) in [4.78, 5) is 18.4. The van der Waals surface area contributed by atoms with Crippen LogP contribution in [0, 0.1) is 0 Å². The van der Waals surface area contributed by atoms with Gasteiger partial charge in [0.05, 0.1) is 11.0 Å². The van der Waals surface area contributed by atoms with E-state index in [1.807, 2.05) is 55.4 Å². The maximum Gasteiger partial charge on any atom is 0.0970 e. The van der Waals surface area contributed by atoms with Crippen LogP contribution < -0.4 is 0 Å². The molecule has 4 nitrogen and oxygen atoms in total. The number of aromatic nitrogens is 4. The molecular formula is C42H26N4. The van der Waals surface area contributed by atoms with Gasteiger partial charge in [0.25, 0.3) is 0 Å². The second-order valence-electron chi connectivity index (χ2n) is 11.5. The van der Waals surface area contributed by atoms with Crippen molar-refractivity contribution in [2.45, 2.75) is 0 Å². The summed E-state index contributed by atoms with van der Waals surface area (Å²) in [7, 11) is 0. The number of rotatable bonds is 4. The van der Waals surface area contributed by atoms with E-state index in [0.29, 0.717) is 0 Å². The molecule has 214 valence electrons. The lowest BCUT2D eigenvalue weighted by Gasteiger charge is -2.20. The Morgan fingerprint density at radius 3 is 1.52 bits per heavy atom. The lowest BCUT2D eigenvalue weighted by Crippen LogP contribution is -1.94. The molecule has 46 heavy (non-hydrogen) atoms. The largest absolute Gasteiger partial charge is 0.264 e. The summed E-state index contributed by atoms with van der Waals surface area (Å²) >= 11 is 0. The highest BCUT2D eigenvalue weighted by Crippen LogP contribution is 2.46. The average Bonchev–Trinajstić information content (AvgIpc) is 3.14. The van der Waals surface area contributed by atoms with Gasteiger partial charge in [-0.2, -0.15) is 0 Å². The topological polar surface area (TPSA) is 51.6 Å². The fraction of sp³-hybridized carbons (Fsp3) is 0. The molecule has 0 radical (unpaired) electrons. The van der Waals surface area contributed by atoms with Gasteiger partial charge in [0.2, 0.25) is 0 Å². The molecule has 0 saturated heterocycles. The molecule has 0 aliphatic carbocycles. The second kappa shape index (κ2) is 10.7. The molecule has 4 heteroatoms. The van der Waals surface area contributed by atoms with Crippen LogP contribution in [-0.4, -0.2) is 19.9 Å². The van der Waals surface area contributed by atoms with Gasteiger partial charge >= 0.3 is 0 Å². The minimum absolute atomic E-state index is 0.915. The maximum absolute atomic E-state index is 4.83. The van der Waals surface area contributed by atoms with E-state index in [1.54, 1.807) is 0 Å². The number of pyridine rings is 4. The van der Waals surface area contributed by atoms with Crippen LogP contribution in [0.4, 0.5) is 0 Å². The molecule has 0 amide bonds. The summed E-state index contributed by atoms with van der Waals surface area (Å²) in [6.07, 6.45) is 11.3. The molecular weight excluding hydrogens is 560 g/mol. The molecule has 0 atom stereocenters. The Hall–Kier alpha value is -6.26. The van der Waals surface area contributed by atoms with E-state index in [0.717, 1.165) is 55.2 Å². The third kappa shape index (κ3) is 4.23. The van der Waals surface area contributed by atoms with E-state index >= 15 is 0 Å². The van der Waals surface area contributed by atoms with Crippen LogP contribution in [0.15, 0.2) is 159 Å². The van der Waals surface area contributed by atoms with Crippen LogP contribution in [0.3, 0.4) is 0 Å². The summed E-state index contributed by atoms with van der Waals surface area (Å²) in [5, 5.41) is 6.96. The van der Waals surface area contributed by atoms with Crippen molar-refractivity contribution in [1.29, 1.82) is 0 Å². The fourth-order valence-corrected chi connectivity index (χ4v) is 6.87. The van der Waals surface area contributed by atoms with Crippen molar-refractivity contribution in [1.82, 2.24) is 19.9 Å². The number of hydrogen-bond acceptors (Lipinski definition) is 4. The Bertz CT molecular complexity index is 2460. The first-order chi connectivity index (χ1) is 22.8. The first kappa shape index (κ1) is 26.2. The average molecular weight is 587 g/mol. The van der Waals surface area contributed by atoms with Gasteiger partial charge < -0.3 is 0 Å². The third-order valence-electron chi connectivity index (χ3n) is 8.90. The van der Waals surface area contributed by atoms with E-state index in [2.05, 4.69) is 113 Å². The van der Waals surface area contributed by atoms with Crippen LogP contribution in [-0.2, 0) is 0 Å². The first-order valence-electron chi connectivity index (χ1n) is 15.4. The van der Waals surface area contributed by atoms with Crippen molar-refractivity contribution in [2.24, 2.45) is 0 Å². The van der Waals surface area contributed by atoms with E-state index in [9.17, 15) is 0 Å². The Balaban J connectivity index is 1.39. The summed E-state index contributed by atoms with van der Waals surface area (Å²) in [5.74, 6) is 0. The van der Waals surface area contributed by atoms with Crippen LogP contribution in [0.1, 0.15) is 0 Å². The number of fused-ring (bicyclic) bond motifs is 5. The minimum Gasteiger partial charge on any atom is -0.264 e. The van der Waals surface area contributed by atoms with Crippen molar-refractivity contribution < 1.29 is 0 Å². The molecule has 0 bridgehead atoms.